The normalized spacial score (nSPS) is 19.3. The molecule has 1 atom stereocenters. The summed E-state index contributed by atoms with van der Waals surface area (Å²) >= 11 is 4.32. The van der Waals surface area contributed by atoms with Crippen molar-refractivity contribution >= 4 is 45.2 Å². The predicted octanol–water partition coefficient (Wildman–Crippen LogP) is -1.91. The molecule has 1 aliphatic heterocycles. The molecule has 0 amide bonds. The quantitative estimate of drug-likeness (QED) is 0.410. The molecular weight excluding hydrogens is 434 g/mol. The van der Waals surface area contributed by atoms with E-state index in [4.69, 9.17) is 0 Å². The van der Waals surface area contributed by atoms with Crippen molar-refractivity contribution in [1.82, 2.24) is 0 Å². The van der Waals surface area contributed by atoms with E-state index >= 15 is 0 Å². The van der Waals surface area contributed by atoms with Gasteiger partial charge in [0.15, 0.2) is 0 Å². The van der Waals surface area contributed by atoms with Crippen molar-refractivity contribution in [1.29, 1.82) is 0 Å². The molecular formula is C10H12I2N2S. The lowest BCUT2D eigenvalue weighted by atomic mass is 10.3. The van der Waals surface area contributed by atoms with Gasteiger partial charge >= 0.3 is 5.17 Å². The van der Waals surface area contributed by atoms with Gasteiger partial charge in [0.1, 0.15) is 5.69 Å². The van der Waals surface area contributed by atoms with Crippen molar-refractivity contribution in [3.63, 3.8) is 0 Å². The van der Waals surface area contributed by atoms with E-state index in [2.05, 4.69) is 45.0 Å². The summed E-state index contributed by atoms with van der Waals surface area (Å²) < 4.78 is 1.19. The van der Waals surface area contributed by atoms with Crippen LogP contribution in [0.2, 0.25) is 0 Å². The number of halogens is 2. The third-order valence-corrected chi connectivity index (χ3v) is 4.79. The largest absolute Gasteiger partial charge is 1.00 e. The number of thioether (sulfide) groups is 1. The van der Waals surface area contributed by atoms with Crippen LogP contribution in [-0.4, -0.2) is 21.4 Å². The van der Waals surface area contributed by atoms with Gasteiger partial charge in [0.2, 0.25) is 0 Å². The lowest BCUT2D eigenvalue weighted by Gasteiger charge is -1.99. The first-order valence-corrected chi connectivity index (χ1v) is 6.94. The monoisotopic (exact) mass is 446 g/mol. The number of para-hydroxylation sites is 1. The van der Waals surface area contributed by atoms with Gasteiger partial charge in [-0.1, -0.05) is 40.8 Å². The maximum Gasteiger partial charge on any atom is 0.309 e. The van der Waals surface area contributed by atoms with E-state index < -0.39 is 0 Å². The standard InChI is InChI=1S/C10H11IN2S.HI/c11-6-9-7-12-10(14-9)13-8-4-2-1-3-5-8;/h1-5,9H,6-7H2,(H,12,13);1H. The molecule has 2 nitrogen and oxygen atoms in total. The molecule has 2 N–H and O–H groups in total. The predicted molar refractivity (Wildman–Crippen MR) is 71.2 cm³/mol. The van der Waals surface area contributed by atoms with Gasteiger partial charge in [-0.3, -0.25) is 4.99 Å². The van der Waals surface area contributed by atoms with Gasteiger partial charge < -0.3 is 24.0 Å². The Morgan fingerprint density at radius 2 is 2.13 bits per heavy atom. The average molecular weight is 446 g/mol. The summed E-state index contributed by atoms with van der Waals surface area (Å²) in [6, 6.07) is 10.3. The number of hydrogen-bond acceptors (Lipinski definition) is 2. The van der Waals surface area contributed by atoms with E-state index in [0.29, 0.717) is 5.25 Å². The van der Waals surface area contributed by atoms with E-state index in [1.807, 2.05) is 30.0 Å². The number of hydrogen-bond donors (Lipinski definition) is 2. The van der Waals surface area contributed by atoms with Crippen LogP contribution in [0.1, 0.15) is 0 Å². The Morgan fingerprint density at radius 3 is 2.73 bits per heavy atom. The number of alkyl halides is 1. The number of amidine groups is 1. The van der Waals surface area contributed by atoms with E-state index in [9.17, 15) is 0 Å². The fourth-order valence-corrected chi connectivity index (χ4v) is 3.03. The molecule has 1 unspecified atom stereocenters. The smallest absolute Gasteiger partial charge is 0.309 e. The summed E-state index contributed by atoms with van der Waals surface area (Å²) in [5.41, 5.74) is 1.15. The minimum absolute atomic E-state index is 0. The van der Waals surface area contributed by atoms with Gasteiger partial charge in [-0.05, 0) is 23.9 Å². The second-order valence-electron chi connectivity index (χ2n) is 3.10. The zero-order valence-electron chi connectivity index (χ0n) is 8.04. The third kappa shape index (κ3) is 4.10. The molecule has 5 heteroatoms. The summed E-state index contributed by atoms with van der Waals surface area (Å²) in [4.78, 5) is 3.37. The summed E-state index contributed by atoms with van der Waals surface area (Å²) in [6.07, 6.45) is 0. The van der Waals surface area contributed by atoms with Crippen molar-refractivity contribution in [3.8, 4) is 0 Å². The van der Waals surface area contributed by atoms with Crippen LogP contribution in [0.4, 0.5) is 5.69 Å². The van der Waals surface area contributed by atoms with Crippen LogP contribution in [0.25, 0.3) is 0 Å². The molecule has 0 saturated carbocycles. The van der Waals surface area contributed by atoms with E-state index in [1.165, 1.54) is 9.60 Å². The second kappa shape index (κ2) is 6.95. The minimum Gasteiger partial charge on any atom is -1.00 e. The average Bonchev–Trinajstić information content (AvgIpc) is 2.67. The molecule has 82 valence electrons. The molecule has 0 spiro atoms. The van der Waals surface area contributed by atoms with Gasteiger partial charge in [0.05, 0.1) is 11.8 Å². The molecule has 0 bridgehead atoms. The number of rotatable bonds is 2. The van der Waals surface area contributed by atoms with Crippen LogP contribution < -0.4 is 34.3 Å². The van der Waals surface area contributed by atoms with Gasteiger partial charge in [-0.25, -0.2) is 5.32 Å². The summed E-state index contributed by atoms with van der Waals surface area (Å²) in [7, 11) is 0. The Labute approximate surface area is 125 Å². The van der Waals surface area contributed by atoms with Gasteiger partial charge in [-0.15, -0.1) is 0 Å². The van der Waals surface area contributed by atoms with Crippen molar-refractivity contribution in [3.05, 3.63) is 30.3 Å². The van der Waals surface area contributed by atoms with Gasteiger partial charge in [0.25, 0.3) is 0 Å². The highest BCUT2D eigenvalue weighted by molar-refractivity contribution is 14.1. The first kappa shape index (κ1) is 13.6. The Balaban J connectivity index is 0.00000112. The van der Waals surface area contributed by atoms with E-state index in [-0.39, 0.29) is 24.0 Å². The Kier molecular flexibility index (Phi) is 6.28. The van der Waals surface area contributed by atoms with Crippen molar-refractivity contribution in [2.45, 2.75) is 5.25 Å². The molecule has 0 saturated heterocycles. The fraction of sp³-hybridized carbons (Fsp3) is 0.300. The molecule has 0 aromatic heterocycles. The maximum absolute atomic E-state index is 3.37. The number of benzene rings is 1. The molecule has 1 aromatic carbocycles. The molecule has 1 aromatic rings. The molecule has 0 radical (unpaired) electrons. The van der Waals surface area contributed by atoms with Crippen molar-refractivity contribution in [2.75, 3.05) is 16.3 Å². The van der Waals surface area contributed by atoms with Crippen molar-refractivity contribution < 1.29 is 29.0 Å². The summed E-state index contributed by atoms with van der Waals surface area (Å²) in [5, 5.41) is 5.26. The molecule has 1 heterocycles. The summed E-state index contributed by atoms with van der Waals surface area (Å²) in [5.74, 6) is 0. The van der Waals surface area contributed by atoms with E-state index in [1.54, 1.807) is 0 Å². The Hall–Kier alpha value is 0.500. The zero-order valence-corrected chi connectivity index (χ0v) is 13.2. The highest BCUT2D eigenvalue weighted by Gasteiger charge is 2.23. The highest BCUT2D eigenvalue weighted by atomic mass is 127. The Morgan fingerprint density at radius 1 is 1.40 bits per heavy atom. The second-order valence-corrected chi connectivity index (χ2v) is 5.29. The highest BCUT2D eigenvalue weighted by Crippen LogP contribution is 2.16. The topological polar surface area (TPSA) is 26.0 Å². The fourth-order valence-electron chi connectivity index (χ4n) is 1.27. The summed E-state index contributed by atoms with van der Waals surface area (Å²) in [6.45, 7) is 1.07. The third-order valence-electron chi connectivity index (χ3n) is 1.98. The molecule has 15 heavy (non-hydrogen) atoms. The lowest BCUT2D eigenvalue weighted by Crippen LogP contribution is -3.00. The molecule has 0 aliphatic carbocycles. The van der Waals surface area contributed by atoms with Crippen molar-refractivity contribution in [2.24, 2.45) is 0 Å². The van der Waals surface area contributed by atoms with Gasteiger partial charge in [-0.2, -0.15) is 0 Å². The van der Waals surface area contributed by atoms with E-state index in [0.717, 1.165) is 12.2 Å². The Bertz CT molecular complexity index is 329. The zero-order chi connectivity index (χ0) is 9.80. The SMILES string of the molecule is ICC1C[NH+]=C(Nc2ccccc2)S1.[I-]. The van der Waals surface area contributed by atoms with Crippen LogP contribution in [0.5, 0.6) is 0 Å². The van der Waals surface area contributed by atoms with Crippen LogP contribution in [-0.2, 0) is 0 Å². The lowest BCUT2D eigenvalue weighted by molar-refractivity contribution is -0.448. The maximum atomic E-state index is 3.37. The van der Waals surface area contributed by atoms with Crippen LogP contribution in [0.15, 0.2) is 30.3 Å². The first-order chi connectivity index (χ1) is 6.88. The number of anilines is 1. The minimum atomic E-state index is 0. The first-order valence-electron chi connectivity index (χ1n) is 4.54. The van der Waals surface area contributed by atoms with Crippen LogP contribution in [0, 0.1) is 0 Å². The van der Waals surface area contributed by atoms with Crippen LogP contribution in [0.3, 0.4) is 0 Å². The van der Waals surface area contributed by atoms with Crippen LogP contribution >= 0.6 is 34.4 Å². The molecule has 2 rings (SSSR count). The number of nitrogens with one attached hydrogen (secondary N) is 2. The van der Waals surface area contributed by atoms with Gasteiger partial charge in [0, 0.05) is 4.43 Å². The molecule has 0 fully saturated rings. The molecule has 1 aliphatic rings.